The minimum absolute atomic E-state index is 0.0803. The number of halogens is 2. The Morgan fingerprint density at radius 1 is 1.31 bits per heavy atom. The van der Waals surface area contributed by atoms with Gasteiger partial charge in [-0.15, -0.1) is 0 Å². The van der Waals surface area contributed by atoms with Crippen LogP contribution in [-0.2, 0) is 11.3 Å². The Labute approximate surface area is 157 Å². The van der Waals surface area contributed by atoms with Gasteiger partial charge >= 0.3 is 0 Å². The fourth-order valence-electron chi connectivity index (χ4n) is 2.15. The van der Waals surface area contributed by atoms with Crippen molar-refractivity contribution in [3.63, 3.8) is 0 Å². The van der Waals surface area contributed by atoms with E-state index in [4.69, 9.17) is 9.26 Å². The lowest BCUT2D eigenvalue weighted by Crippen LogP contribution is -2.35. The molecule has 1 amide bonds. The molecule has 0 radical (unpaired) electrons. The van der Waals surface area contributed by atoms with Crippen molar-refractivity contribution in [2.24, 2.45) is 0 Å². The topological polar surface area (TPSA) is 77.2 Å². The largest absolute Gasteiger partial charge is 0.481 e. The van der Waals surface area contributed by atoms with Crippen LogP contribution in [0.15, 0.2) is 57.5 Å². The molecule has 3 aromatic rings. The first kappa shape index (κ1) is 18.1. The lowest BCUT2D eigenvalue weighted by atomic mass is 10.2. The summed E-state index contributed by atoms with van der Waals surface area (Å²) in [5.74, 6) is 0.404. The van der Waals surface area contributed by atoms with Crippen LogP contribution in [0.25, 0.3) is 11.4 Å². The summed E-state index contributed by atoms with van der Waals surface area (Å²) in [4.78, 5) is 16.4. The lowest BCUT2D eigenvalue weighted by molar-refractivity contribution is -0.127. The van der Waals surface area contributed by atoms with Gasteiger partial charge in [0.1, 0.15) is 11.6 Å². The van der Waals surface area contributed by atoms with Crippen LogP contribution in [0, 0.1) is 5.82 Å². The van der Waals surface area contributed by atoms with Gasteiger partial charge in [-0.05, 0) is 43.3 Å². The van der Waals surface area contributed by atoms with Crippen molar-refractivity contribution < 1.29 is 18.4 Å². The van der Waals surface area contributed by atoms with E-state index in [9.17, 15) is 9.18 Å². The summed E-state index contributed by atoms with van der Waals surface area (Å²) in [6.07, 6.45) is -0.757. The zero-order valence-electron chi connectivity index (χ0n) is 13.8. The molecule has 1 atom stereocenters. The van der Waals surface area contributed by atoms with Crippen molar-refractivity contribution >= 4 is 21.8 Å². The van der Waals surface area contributed by atoms with Gasteiger partial charge in [0.2, 0.25) is 11.7 Å². The molecule has 0 fully saturated rings. The molecule has 0 aliphatic heterocycles. The van der Waals surface area contributed by atoms with Crippen molar-refractivity contribution in [1.29, 1.82) is 0 Å². The second-order valence-corrected chi connectivity index (χ2v) is 6.37. The summed E-state index contributed by atoms with van der Waals surface area (Å²) in [7, 11) is 0. The Morgan fingerprint density at radius 3 is 2.81 bits per heavy atom. The Bertz CT molecular complexity index is 899. The normalized spacial score (nSPS) is 11.8. The number of ether oxygens (including phenoxy) is 1. The Morgan fingerprint density at radius 2 is 2.08 bits per heavy atom. The van der Waals surface area contributed by atoms with Crippen LogP contribution in [-0.4, -0.2) is 22.2 Å². The maximum atomic E-state index is 12.9. The molecule has 3 rings (SSSR count). The monoisotopic (exact) mass is 419 g/mol. The number of amides is 1. The van der Waals surface area contributed by atoms with Gasteiger partial charge in [0.05, 0.1) is 6.54 Å². The van der Waals surface area contributed by atoms with Crippen molar-refractivity contribution in [2.75, 3.05) is 0 Å². The molecular weight excluding hydrogens is 405 g/mol. The van der Waals surface area contributed by atoms with E-state index in [-0.39, 0.29) is 24.2 Å². The van der Waals surface area contributed by atoms with E-state index in [2.05, 4.69) is 31.4 Å². The summed E-state index contributed by atoms with van der Waals surface area (Å²) in [6, 6.07) is 12.9. The van der Waals surface area contributed by atoms with Crippen LogP contribution in [0.4, 0.5) is 4.39 Å². The summed E-state index contributed by atoms with van der Waals surface area (Å²) in [6.45, 7) is 1.68. The SMILES string of the molecule is C[C@H](Oc1ccc(F)cc1)C(=O)NCc1nc(-c2cccc(Br)c2)no1. The van der Waals surface area contributed by atoms with E-state index >= 15 is 0 Å². The first-order chi connectivity index (χ1) is 12.5. The summed E-state index contributed by atoms with van der Waals surface area (Å²) in [5, 5.41) is 6.56. The Hall–Kier alpha value is -2.74. The third kappa shape index (κ3) is 4.66. The van der Waals surface area contributed by atoms with Crippen LogP contribution < -0.4 is 10.1 Å². The van der Waals surface area contributed by atoms with Crippen molar-refractivity contribution in [3.05, 3.63) is 64.7 Å². The van der Waals surface area contributed by atoms with E-state index in [0.29, 0.717) is 11.6 Å². The third-order valence-corrected chi connectivity index (χ3v) is 3.95. The molecule has 6 nitrogen and oxygen atoms in total. The molecule has 1 heterocycles. The molecule has 0 bridgehead atoms. The van der Waals surface area contributed by atoms with Gasteiger partial charge in [-0.2, -0.15) is 4.98 Å². The van der Waals surface area contributed by atoms with Crippen molar-refractivity contribution in [1.82, 2.24) is 15.5 Å². The van der Waals surface area contributed by atoms with Gasteiger partial charge in [0.25, 0.3) is 5.91 Å². The second kappa shape index (κ2) is 8.09. The predicted octanol–water partition coefficient (Wildman–Crippen LogP) is 3.72. The molecule has 1 N–H and O–H groups in total. The average Bonchev–Trinajstić information content (AvgIpc) is 3.10. The standard InChI is InChI=1S/C18H15BrFN3O3/c1-11(25-15-7-5-14(20)6-8-15)18(24)21-10-16-22-17(23-26-16)12-3-2-4-13(19)9-12/h2-9,11H,10H2,1H3,(H,21,24)/t11-/m0/s1. The first-order valence-corrected chi connectivity index (χ1v) is 8.59. The minimum atomic E-state index is -0.757. The van der Waals surface area contributed by atoms with E-state index in [0.717, 1.165) is 10.0 Å². The molecule has 8 heteroatoms. The molecule has 0 saturated heterocycles. The van der Waals surface area contributed by atoms with E-state index in [1.54, 1.807) is 6.92 Å². The quantitative estimate of drug-likeness (QED) is 0.658. The molecule has 0 spiro atoms. The number of nitrogens with one attached hydrogen (secondary N) is 1. The molecule has 0 saturated carbocycles. The van der Waals surface area contributed by atoms with Crippen molar-refractivity contribution in [3.8, 4) is 17.1 Å². The van der Waals surface area contributed by atoms with Crippen LogP contribution in [0.1, 0.15) is 12.8 Å². The molecule has 26 heavy (non-hydrogen) atoms. The number of rotatable bonds is 6. The number of aromatic nitrogens is 2. The Balaban J connectivity index is 1.55. The summed E-state index contributed by atoms with van der Waals surface area (Å²) in [5.41, 5.74) is 0.800. The number of benzene rings is 2. The maximum absolute atomic E-state index is 12.9. The van der Waals surface area contributed by atoms with Crippen LogP contribution in [0.3, 0.4) is 0 Å². The molecule has 0 aliphatic carbocycles. The van der Waals surface area contributed by atoms with Gasteiger partial charge in [0, 0.05) is 10.0 Å². The van der Waals surface area contributed by atoms with Crippen LogP contribution >= 0.6 is 15.9 Å². The second-order valence-electron chi connectivity index (χ2n) is 5.45. The van der Waals surface area contributed by atoms with Gasteiger partial charge in [-0.1, -0.05) is 33.2 Å². The van der Waals surface area contributed by atoms with E-state index < -0.39 is 6.10 Å². The number of hydrogen-bond donors (Lipinski definition) is 1. The predicted molar refractivity (Wildman–Crippen MR) is 95.8 cm³/mol. The van der Waals surface area contributed by atoms with Gasteiger partial charge in [-0.25, -0.2) is 4.39 Å². The summed E-state index contributed by atoms with van der Waals surface area (Å²) < 4.78 is 24.4. The van der Waals surface area contributed by atoms with Gasteiger partial charge in [0.15, 0.2) is 6.10 Å². The number of carbonyl (C=O) groups is 1. The number of nitrogens with zero attached hydrogens (tertiary/aromatic N) is 2. The third-order valence-electron chi connectivity index (χ3n) is 3.46. The summed E-state index contributed by atoms with van der Waals surface area (Å²) >= 11 is 3.39. The highest BCUT2D eigenvalue weighted by Crippen LogP contribution is 2.20. The average molecular weight is 420 g/mol. The lowest BCUT2D eigenvalue weighted by Gasteiger charge is -2.13. The molecule has 0 aliphatic rings. The van der Waals surface area contributed by atoms with E-state index in [1.165, 1.54) is 24.3 Å². The molecule has 2 aromatic carbocycles. The number of carbonyl (C=O) groups excluding carboxylic acids is 1. The van der Waals surface area contributed by atoms with Crippen LogP contribution in [0.2, 0.25) is 0 Å². The van der Waals surface area contributed by atoms with E-state index in [1.807, 2.05) is 24.3 Å². The van der Waals surface area contributed by atoms with Gasteiger partial charge in [-0.3, -0.25) is 4.79 Å². The molecule has 134 valence electrons. The highest BCUT2D eigenvalue weighted by atomic mass is 79.9. The molecule has 1 aromatic heterocycles. The molecule has 0 unspecified atom stereocenters. The number of hydrogen-bond acceptors (Lipinski definition) is 5. The highest BCUT2D eigenvalue weighted by molar-refractivity contribution is 9.10. The fourth-order valence-corrected chi connectivity index (χ4v) is 2.55. The molecular formula is C18H15BrFN3O3. The smallest absolute Gasteiger partial charge is 0.261 e. The zero-order chi connectivity index (χ0) is 18.5. The first-order valence-electron chi connectivity index (χ1n) is 7.80. The van der Waals surface area contributed by atoms with Gasteiger partial charge < -0.3 is 14.6 Å². The fraction of sp³-hybridized carbons (Fsp3) is 0.167. The minimum Gasteiger partial charge on any atom is -0.481 e. The maximum Gasteiger partial charge on any atom is 0.261 e. The van der Waals surface area contributed by atoms with Crippen LogP contribution in [0.5, 0.6) is 5.75 Å². The zero-order valence-corrected chi connectivity index (χ0v) is 15.4. The van der Waals surface area contributed by atoms with Crippen molar-refractivity contribution in [2.45, 2.75) is 19.6 Å². The highest BCUT2D eigenvalue weighted by Gasteiger charge is 2.16. The Kier molecular flexibility index (Phi) is 5.62.